The standard InChI is InChI=1S/C17H27N3O2/c1-3-4-5-16(17(18)21)20-12-10-19(11-13-20)14-6-8-15(22-2)9-7-14/h6-9,16H,3-5,10-13H2,1-2H3,(H2,18,21). The largest absolute Gasteiger partial charge is 0.497 e. The zero-order valence-corrected chi connectivity index (χ0v) is 13.6. The quantitative estimate of drug-likeness (QED) is 0.835. The number of carbonyl (C=O) groups excluding carboxylic acids is 1. The van der Waals surface area contributed by atoms with Crippen LogP contribution in [0.25, 0.3) is 0 Å². The zero-order chi connectivity index (χ0) is 15.9. The number of amides is 1. The number of methoxy groups -OCH3 is 1. The Balaban J connectivity index is 1.92. The number of nitrogens with zero attached hydrogens (tertiary/aromatic N) is 2. The maximum Gasteiger partial charge on any atom is 0.234 e. The van der Waals surface area contributed by atoms with Gasteiger partial charge in [-0.15, -0.1) is 0 Å². The second-order valence-electron chi connectivity index (χ2n) is 5.78. The Labute approximate surface area is 133 Å². The smallest absolute Gasteiger partial charge is 0.234 e. The average molecular weight is 305 g/mol. The number of primary amides is 1. The minimum atomic E-state index is -0.189. The second kappa shape index (κ2) is 8.03. The topological polar surface area (TPSA) is 58.8 Å². The maximum absolute atomic E-state index is 11.7. The van der Waals surface area contributed by atoms with Crippen LogP contribution in [-0.2, 0) is 4.79 Å². The first-order valence-corrected chi connectivity index (χ1v) is 8.08. The molecule has 0 bridgehead atoms. The van der Waals surface area contributed by atoms with Gasteiger partial charge in [0.15, 0.2) is 0 Å². The third-order valence-electron chi connectivity index (χ3n) is 4.35. The van der Waals surface area contributed by atoms with Gasteiger partial charge in [0.1, 0.15) is 5.75 Å². The lowest BCUT2D eigenvalue weighted by atomic mass is 10.1. The van der Waals surface area contributed by atoms with Gasteiger partial charge in [-0.25, -0.2) is 0 Å². The van der Waals surface area contributed by atoms with Gasteiger partial charge in [-0.1, -0.05) is 19.8 Å². The fraction of sp³-hybridized carbons (Fsp3) is 0.588. The molecule has 0 aromatic heterocycles. The lowest BCUT2D eigenvalue weighted by molar-refractivity contribution is -0.123. The van der Waals surface area contributed by atoms with Crippen molar-refractivity contribution in [3.8, 4) is 5.75 Å². The summed E-state index contributed by atoms with van der Waals surface area (Å²) in [5.41, 5.74) is 6.78. The van der Waals surface area contributed by atoms with Crippen molar-refractivity contribution in [1.82, 2.24) is 4.90 Å². The summed E-state index contributed by atoms with van der Waals surface area (Å²) in [5.74, 6) is 0.682. The number of hydrogen-bond donors (Lipinski definition) is 1. The van der Waals surface area contributed by atoms with Crippen molar-refractivity contribution in [1.29, 1.82) is 0 Å². The molecule has 1 aliphatic heterocycles. The number of anilines is 1. The van der Waals surface area contributed by atoms with E-state index in [0.717, 1.165) is 51.2 Å². The number of nitrogens with two attached hydrogens (primary N) is 1. The fourth-order valence-corrected chi connectivity index (χ4v) is 2.99. The van der Waals surface area contributed by atoms with Crippen molar-refractivity contribution in [2.75, 3.05) is 38.2 Å². The van der Waals surface area contributed by atoms with Crippen LogP contribution < -0.4 is 15.4 Å². The van der Waals surface area contributed by atoms with Crippen LogP contribution >= 0.6 is 0 Å². The van der Waals surface area contributed by atoms with Gasteiger partial charge in [-0.2, -0.15) is 0 Å². The van der Waals surface area contributed by atoms with E-state index in [1.54, 1.807) is 7.11 Å². The number of rotatable bonds is 7. The molecule has 1 saturated heterocycles. The lowest BCUT2D eigenvalue weighted by Crippen LogP contribution is -2.54. The molecule has 2 N–H and O–H groups in total. The summed E-state index contributed by atoms with van der Waals surface area (Å²) in [4.78, 5) is 16.3. The van der Waals surface area contributed by atoms with E-state index in [4.69, 9.17) is 10.5 Å². The van der Waals surface area contributed by atoms with E-state index in [2.05, 4.69) is 28.9 Å². The Bertz CT molecular complexity index is 467. The Kier molecular flexibility index (Phi) is 6.07. The zero-order valence-electron chi connectivity index (χ0n) is 13.6. The number of carbonyl (C=O) groups is 1. The summed E-state index contributed by atoms with van der Waals surface area (Å²) >= 11 is 0. The third-order valence-corrected chi connectivity index (χ3v) is 4.35. The molecule has 1 aromatic rings. The van der Waals surface area contributed by atoms with Crippen LogP contribution in [0.3, 0.4) is 0 Å². The molecule has 22 heavy (non-hydrogen) atoms. The highest BCUT2D eigenvalue weighted by Crippen LogP contribution is 2.21. The van der Waals surface area contributed by atoms with E-state index in [1.165, 1.54) is 5.69 Å². The van der Waals surface area contributed by atoms with E-state index in [9.17, 15) is 4.79 Å². The minimum absolute atomic E-state index is 0.113. The molecule has 2 rings (SSSR count). The maximum atomic E-state index is 11.7. The van der Waals surface area contributed by atoms with Crippen molar-refractivity contribution < 1.29 is 9.53 Å². The van der Waals surface area contributed by atoms with Gasteiger partial charge < -0.3 is 15.4 Å². The van der Waals surface area contributed by atoms with Crippen LogP contribution in [0.15, 0.2) is 24.3 Å². The molecular formula is C17H27N3O2. The van der Waals surface area contributed by atoms with Crippen LogP contribution in [0.4, 0.5) is 5.69 Å². The Hall–Kier alpha value is -1.75. The minimum Gasteiger partial charge on any atom is -0.497 e. The summed E-state index contributed by atoms with van der Waals surface area (Å²) in [6, 6.07) is 8.01. The second-order valence-corrected chi connectivity index (χ2v) is 5.78. The molecule has 5 nitrogen and oxygen atoms in total. The molecule has 1 amide bonds. The first-order valence-electron chi connectivity index (χ1n) is 8.08. The molecule has 0 radical (unpaired) electrons. The summed E-state index contributed by atoms with van der Waals surface area (Å²) < 4.78 is 5.19. The van der Waals surface area contributed by atoms with Crippen molar-refractivity contribution in [3.05, 3.63) is 24.3 Å². The van der Waals surface area contributed by atoms with Gasteiger partial charge in [0, 0.05) is 31.9 Å². The summed E-state index contributed by atoms with van der Waals surface area (Å²) in [7, 11) is 1.67. The summed E-state index contributed by atoms with van der Waals surface area (Å²) in [5, 5.41) is 0. The number of ether oxygens (including phenoxy) is 1. The average Bonchev–Trinajstić information content (AvgIpc) is 2.55. The predicted octanol–water partition coefficient (Wildman–Crippen LogP) is 1.86. The van der Waals surface area contributed by atoms with Crippen LogP contribution in [0.2, 0.25) is 0 Å². The van der Waals surface area contributed by atoms with Gasteiger partial charge in [-0.05, 0) is 30.7 Å². The Morgan fingerprint density at radius 3 is 2.36 bits per heavy atom. The van der Waals surface area contributed by atoms with Crippen molar-refractivity contribution in [2.24, 2.45) is 5.73 Å². The highest BCUT2D eigenvalue weighted by Gasteiger charge is 2.27. The van der Waals surface area contributed by atoms with Gasteiger partial charge in [0.25, 0.3) is 0 Å². The van der Waals surface area contributed by atoms with Gasteiger partial charge >= 0.3 is 0 Å². The number of unbranched alkanes of at least 4 members (excludes halogenated alkanes) is 1. The van der Waals surface area contributed by atoms with E-state index >= 15 is 0 Å². The van der Waals surface area contributed by atoms with Crippen molar-refractivity contribution >= 4 is 11.6 Å². The molecule has 1 aliphatic rings. The molecule has 1 unspecified atom stereocenters. The highest BCUT2D eigenvalue weighted by atomic mass is 16.5. The van der Waals surface area contributed by atoms with Crippen LogP contribution in [0.1, 0.15) is 26.2 Å². The molecule has 0 aliphatic carbocycles. The Morgan fingerprint density at radius 2 is 1.86 bits per heavy atom. The molecule has 1 atom stereocenters. The summed E-state index contributed by atoms with van der Waals surface area (Å²) in [6.45, 7) is 5.73. The normalized spacial score (nSPS) is 17.3. The molecule has 1 heterocycles. The molecule has 0 spiro atoms. The first kappa shape index (κ1) is 16.6. The molecule has 0 saturated carbocycles. The predicted molar refractivity (Wildman–Crippen MR) is 89.3 cm³/mol. The van der Waals surface area contributed by atoms with Crippen molar-refractivity contribution in [2.45, 2.75) is 32.2 Å². The van der Waals surface area contributed by atoms with E-state index < -0.39 is 0 Å². The molecule has 1 aromatic carbocycles. The van der Waals surface area contributed by atoms with E-state index in [-0.39, 0.29) is 11.9 Å². The number of piperazine rings is 1. The van der Waals surface area contributed by atoms with Crippen LogP contribution in [-0.4, -0.2) is 50.1 Å². The molecule has 122 valence electrons. The fourth-order valence-electron chi connectivity index (χ4n) is 2.99. The summed E-state index contributed by atoms with van der Waals surface area (Å²) in [6.07, 6.45) is 3.01. The number of hydrogen-bond acceptors (Lipinski definition) is 4. The van der Waals surface area contributed by atoms with Crippen molar-refractivity contribution in [3.63, 3.8) is 0 Å². The van der Waals surface area contributed by atoms with Crippen LogP contribution in [0.5, 0.6) is 5.75 Å². The molecular weight excluding hydrogens is 278 g/mol. The van der Waals surface area contributed by atoms with Gasteiger partial charge in [0.2, 0.25) is 5.91 Å². The Morgan fingerprint density at radius 1 is 1.23 bits per heavy atom. The molecule has 1 fully saturated rings. The number of benzene rings is 1. The van der Waals surface area contributed by atoms with E-state index in [0.29, 0.717) is 0 Å². The lowest BCUT2D eigenvalue weighted by Gasteiger charge is -2.39. The monoisotopic (exact) mass is 305 g/mol. The molecule has 5 heteroatoms. The first-order chi connectivity index (χ1) is 10.7. The SMILES string of the molecule is CCCCC(C(N)=O)N1CCN(c2ccc(OC)cc2)CC1. The van der Waals surface area contributed by atoms with Gasteiger partial charge in [0.05, 0.1) is 13.2 Å². The highest BCUT2D eigenvalue weighted by molar-refractivity contribution is 5.79. The van der Waals surface area contributed by atoms with E-state index in [1.807, 2.05) is 12.1 Å². The van der Waals surface area contributed by atoms with Crippen LogP contribution in [0, 0.1) is 0 Å². The van der Waals surface area contributed by atoms with Gasteiger partial charge in [-0.3, -0.25) is 9.69 Å². The third kappa shape index (κ3) is 4.13.